The molecule has 0 aliphatic carbocycles. The number of rotatable bonds is 7. The van der Waals surface area contributed by atoms with Gasteiger partial charge in [0, 0.05) is 11.3 Å². The second-order valence-corrected chi connectivity index (χ2v) is 8.83. The third-order valence-electron chi connectivity index (χ3n) is 4.69. The first-order chi connectivity index (χ1) is 13.9. The first-order valence-electron chi connectivity index (χ1n) is 9.47. The van der Waals surface area contributed by atoms with Crippen molar-refractivity contribution in [2.45, 2.75) is 31.2 Å². The molecule has 29 heavy (non-hydrogen) atoms. The molecule has 0 radical (unpaired) electrons. The molecule has 0 aliphatic rings. The van der Waals surface area contributed by atoms with Crippen LogP contribution in [0.1, 0.15) is 31.7 Å². The minimum absolute atomic E-state index is 0.0252. The van der Waals surface area contributed by atoms with Crippen molar-refractivity contribution in [1.82, 2.24) is 10.2 Å². The van der Waals surface area contributed by atoms with Gasteiger partial charge in [-0.3, -0.25) is 4.79 Å². The van der Waals surface area contributed by atoms with Gasteiger partial charge in [-0.05, 0) is 36.2 Å². The first kappa shape index (κ1) is 20.7. The van der Waals surface area contributed by atoms with E-state index in [-0.39, 0.29) is 22.6 Å². The molecular weight excluding hydrogens is 386 g/mol. The Morgan fingerprint density at radius 3 is 2.34 bits per heavy atom. The van der Waals surface area contributed by atoms with Crippen LogP contribution in [0, 0.1) is 0 Å². The van der Waals surface area contributed by atoms with Crippen LogP contribution in [0.25, 0.3) is 11.3 Å². The lowest BCUT2D eigenvalue weighted by atomic mass is 9.95. The lowest BCUT2D eigenvalue weighted by Gasteiger charge is -2.16. The molecule has 1 N–H and O–H groups in total. The third-order valence-corrected chi connectivity index (χ3v) is 6.31. The van der Waals surface area contributed by atoms with E-state index in [9.17, 15) is 13.2 Å². The van der Waals surface area contributed by atoms with E-state index in [4.69, 9.17) is 0 Å². The Morgan fingerprint density at radius 1 is 0.966 bits per heavy atom. The largest absolute Gasteiger partial charge is 0.326 e. The highest BCUT2D eigenvalue weighted by molar-refractivity contribution is 7.91. The van der Waals surface area contributed by atoms with Crippen molar-refractivity contribution >= 4 is 21.4 Å². The highest BCUT2D eigenvalue weighted by Gasteiger charge is 2.19. The Morgan fingerprint density at radius 2 is 1.72 bits per heavy atom. The molecule has 1 atom stereocenters. The number of hydrogen-bond donors (Lipinski definition) is 1. The molecule has 0 fully saturated rings. The SMILES string of the molecule is CC[C@@H](C(=O)Nc1cccc(-c2ccc(S(=O)(=O)CC)nn2)c1)c1ccccc1. The number of carbonyl (C=O) groups is 1. The van der Waals surface area contributed by atoms with Gasteiger partial charge in [-0.15, -0.1) is 10.2 Å². The van der Waals surface area contributed by atoms with Crippen molar-refractivity contribution in [3.63, 3.8) is 0 Å². The normalized spacial score (nSPS) is 12.3. The molecule has 0 aliphatic heterocycles. The van der Waals surface area contributed by atoms with E-state index in [0.29, 0.717) is 17.8 Å². The molecule has 150 valence electrons. The quantitative estimate of drug-likeness (QED) is 0.635. The Bertz CT molecular complexity index is 1080. The molecule has 3 rings (SSSR count). The molecule has 0 saturated heterocycles. The zero-order valence-corrected chi connectivity index (χ0v) is 17.2. The zero-order chi connectivity index (χ0) is 20.9. The van der Waals surface area contributed by atoms with Gasteiger partial charge in [0.25, 0.3) is 0 Å². The van der Waals surface area contributed by atoms with Crippen molar-refractivity contribution in [2.24, 2.45) is 0 Å². The van der Waals surface area contributed by atoms with Crippen LogP contribution in [0.2, 0.25) is 0 Å². The zero-order valence-electron chi connectivity index (χ0n) is 16.4. The van der Waals surface area contributed by atoms with Gasteiger partial charge >= 0.3 is 0 Å². The van der Waals surface area contributed by atoms with E-state index < -0.39 is 9.84 Å². The maximum absolute atomic E-state index is 12.8. The van der Waals surface area contributed by atoms with Crippen LogP contribution in [0.4, 0.5) is 5.69 Å². The van der Waals surface area contributed by atoms with Gasteiger partial charge < -0.3 is 5.32 Å². The Kier molecular flexibility index (Phi) is 6.39. The smallest absolute Gasteiger partial charge is 0.231 e. The molecule has 3 aromatic rings. The summed E-state index contributed by atoms with van der Waals surface area (Å²) in [6, 6.07) is 20.0. The summed E-state index contributed by atoms with van der Waals surface area (Å²) in [5.74, 6) is -0.341. The fraction of sp³-hybridized carbons (Fsp3) is 0.227. The van der Waals surface area contributed by atoms with Crippen LogP contribution in [0.3, 0.4) is 0 Å². The summed E-state index contributed by atoms with van der Waals surface area (Å²) in [5.41, 5.74) is 2.89. The molecule has 2 aromatic carbocycles. The summed E-state index contributed by atoms with van der Waals surface area (Å²) in [6.45, 7) is 3.55. The van der Waals surface area contributed by atoms with Crippen LogP contribution in [0.15, 0.2) is 71.8 Å². The summed E-state index contributed by atoms with van der Waals surface area (Å²) in [6.07, 6.45) is 0.689. The molecule has 7 heteroatoms. The van der Waals surface area contributed by atoms with Crippen LogP contribution < -0.4 is 5.32 Å². The van der Waals surface area contributed by atoms with Crippen molar-refractivity contribution in [3.8, 4) is 11.3 Å². The number of nitrogens with one attached hydrogen (secondary N) is 1. The minimum atomic E-state index is -3.39. The minimum Gasteiger partial charge on any atom is -0.326 e. The van der Waals surface area contributed by atoms with Gasteiger partial charge in [-0.25, -0.2) is 8.42 Å². The Hall–Kier alpha value is -3.06. The predicted octanol–water partition coefficient (Wildman–Crippen LogP) is 4.07. The maximum atomic E-state index is 12.8. The van der Waals surface area contributed by atoms with E-state index in [1.807, 2.05) is 55.5 Å². The topological polar surface area (TPSA) is 89.0 Å². The van der Waals surface area contributed by atoms with Crippen molar-refractivity contribution < 1.29 is 13.2 Å². The summed E-state index contributed by atoms with van der Waals surface area (Å²) < 4.78 is 23.8. The molecular formula is C22H23N3O3S. The highest BCUT2D eigenvalue weighted by Crippen LogP contribution is 2.24. The van der Waals surface area contributed by atoms with E-state index in [0.717, 1.165) is 11.1 Å². The van der Waals surface area contributed by atoms with Crippen molar-refractivity contribution in [1.29, 1.82) is 0 Å². The van der Waals surface area contributed by atoms with Gasteiger partial charge in [-0.2, -0.15) is 0 Å². The number of benzene rings is 2. The number of sulfone groups is 1. The lowest BCUT2D eigenvalue weighted by molar-refractivity contribution is -0.117. The molecule has 6 nitrogen and oxygen atoms in total. The van der Waals surface area contributed by atoms with Crippen LogP contribution in [-0.4, -0.2) is 30.3 Å². The number of nitrogens with zero attached hydrogens (tertiary/aromatic N) is 2. The van der Waals surface area contributed by atoms with Gasteiger partial charge in [0.1, 0.15) is 0 Å². The number of aromatic nitrogens is 2. The van der Waals surface area contributed by atoms with Crippen LogP contribution in [-0.2, 0) is 14.6 Å². The van der Waals surface area contributed by atoms with Crippen molar-refractivity contribution in [2.75, 3.05) is 11.1 Å². The second kappa shape index (κ2) is 8.96. The number of hydrogen-bond acceptors (Lipinski definition) is 5. The first-order valence-corrected chi connectivity index (χ1v) is 11.1. The number of amides is 1. The molecule has 0 spiro atoms. The molecule has 1 aromatic heterocycles. The average Bonchev–Trinajstić information content (AvgIpc) is 2.75. The maximum Gasteiger partial charge on any atom is 0.231 e. The number of anilines is 1. The monoisotopic (exact) mass is 409 g/mol. The molecule has 1 amide bonds. The van der Waals surface area contributed by atoms with Gasteiger partial charge in [-0.1, -0.05) is 56.3 Å². The summed E-state index contributed by atoms with van der Waals surface area (Å²) in [5, 5.41) is 10.8. The van der Waals surface area contributed by atoms with E-state index >= 15 is 0 Å². The molecule has 0 bridgehead atoms. The third kappa shape index (κ3) is 4.86. The van der Waals surface area contributed by atoms with Gasteiger partial charge in [0.15, 0.2) is 14.9 Å². The Balaban J connectivity index is 1.80. The fourth-order valence-electron chi connectivity index (χ4n) is 3.03. The van der Waals surface area contributed by atoms with Crippen LogP contribution >= 0.6 is 0 Å². The van der Waals surface area contributed by atoms with Gasteiger partial charge in [0.05, 0.1) is 17.4 Å². The average molecular weight is 410 g/mol. The highest BCUT2D eigenvalue weighted by atomic mass is 32.2. The predicted molar refractivity (Wildman–Crippen MR) is 113 cm³/mol. The van der Waals surface area contributed by atoms with E-state index in [1.165, 1.54) is 6.07 Å². The molecule has 0 saturated carbocycles. The molecule has 1 heterocycles. The number of carbonyl (C=O) groups excluding carboxylic acids is 1. The lowest BCUT2D eigenvalue weighted by Crippen LogP contribution is -2.20. The summed E-state index contributed by atoms with van der Waals surface area (Å²) in [7, 11) is -3.39. The van der Waals surface area contributed by atoms with Gasteiger partial charge in [0.2, 0.25) is 5.91 Å². The van der Waals surface area contributed by atoms with Crippen LogP contribution in [0.5, 0.6) is 0 Å². The van der Waals surface area contributed by atoms with Crippen molar-refractivity contribution in [3.05, 3.63) is 72.3 Å². The van der Waals surface area contributed by atoms with E-state index in [2.05, 4.69) is 15.5 Å². The Labute approximate surface area is 170 Å². The van der Waals surface area contributed by atoms with E-state index in [1.54, 1.807) is 19.1 Å². The summed E-state index contributed by atoms with van der Waals surface area (Å²) >= 11 is 0. The molecule has 0 unspecified atom stereocenters. The second-order valence-electron chi connectivity index (χ2n) is 6.60. The summed E-state index contributed by atoms with van der Waals surface area (Å²) in [4.78, 5) is 12.8. The standard InChI is InChI=1S/C22H23N3O3S/c1-3-19(16-9-6-5-7-10-16)22(26)23-18-12-8-11-17(15-18)20-13-14-21(25-24-20)29(27,28)4-2/h5-15,19H,3-4H2,1-2H3,(H,23,26)/t19-/m1/s1. The fourth-order valence-corrected chi connectivity index (χ4v) is 3.77.